The average molecular weight is 224 g/mol. The summed E-state index contributed by atoms with van der Waals surface area (Å²) < 4.78 is 0. The number of nitrogens with one attached hydrogen (secondary N) is 2. The highest BCUT2D eigenvalue weighted by atomic mass is 16.2. The van der Waals surface area contributed by atoms with Crippen LogP contribution in [0.15, 0.2) is 16.9 Å². The molecule has 6 heteroatoms. The quantitative estimate of drug-likeness (QED) is 0.594. The number of H-pyrrole nitrogens is 1. The van der Waals surface area contributed by atoms with Crippen LogP contribution in [0.2, 0.25) is 0 Å². The molecule has 0 spiro atoms. The summed E-state index contributed by atoms with van der Waals surface area (Å²) in [6, 6.07) is 2.80. The van der Waals surface area contributed by atoms with Crippen molar-refractivity contribution in [2.45, 2.75) is 25.8 Å². The molecule has 0 aliphatic carbocycles. The monoisotopic (exact) mass is 224 g/mol. The number of nitrogens with two attached hydrogens (primary N) is 1. The smallest absolute Gasteiger partial charge is 0.271 e. The molecule has 0 aliphatic rings. The van der Waals surface area contributed by atoms with Gasteiger partial charge in [-0.05, 0) is 25.8 Å². The molecule has 0 saturated carbocycles. The number of amides is 1. The maximum Gasteiger partial charge on any atom is 0.271 e. The lowest BCUT2D eigenvalue weighted by Crippen LogP contribution is -2.27. The number of hydrogen-bond acceptors (Lipinski definition) is 4. The number of nitrogens with zero attached hydrogens (tertiary/aromatic N) is 1. The van der Waals surface area contributed by atoms with Gasteiger partial charge in [-0.2, -0.15) is 5.10 Å². The van der Waals surface area contributed by atoms with Gasteiger partial charge in [0.15, 0.2) is 0 Å². The van der Waals surface area contributed by atoms with E-state index < -0.39 is 0 Å². The minimum atomic E-state index is -0.325. The van der Waals surface area contributed by atoms with Gasteiger partial charge in [-0.15, -0.1) is 0 Å². The first kappa shape index (κ1) is 12.4. The Labute approximate surface area is 93.2 Å². The van der Waals surface area contributed by atoms with Gasteiger partial charge in [0, 0.05) is 18.7 Å². The fourth-order valence-corrected chi connectivity index (χ4v) is 1.19. The molecule has 16 heavy (non-hydrogen) atoms. The van der Waals surface area contributed by atoms with E-state index in [1.165, 1.54) is 12.1 Å². The average Bonchev–Trinajstić information content (AvgIpc) is 2.25. The molecule has 1 heterocycles. The molecular formula is C10H16N4O2. The first-order valence-corrected chi connectivity index (χ1v) is 5.19. The number of hydrogen-bond donors (Lipinski definition) is 3. The Kier molecular flexibility index (Phi) is 4.65. The molecule has 1 atom stereocenters. The van der Waals surface area contributed by atoms with Crippen LogP contribution in [0.4, 0.5) is 0 Å². The summed E-state index contributed by atoms with van der Waals surface area (Å²) in [5.74, 6) is -0.291. The van der Waals surface area contributed by atoms with Crippen molar-refractivity contribution in [2.24, 2.45) is 5.73 Å². The van der Waals surface area contributed by atoms with E-state index in [4.69, 9.17) is 5.73 Å². The predicted molar refractivity (Wildman–Crippen MR) is 60.1 cm³/mol. The predicted octanol–water partition coefficient (Wildman–Crippen LogP) is -0.373. The van der Waals surface area contributed by atoms with Crippen molar-refractivity contribution in [3.63, 3.8) is 0 Å². The van der Waals surface area contributed by atoms with Crippen LogP contribution >= 0.6 is 0 Å². The third-order valence-electron chi connectivity index (χ3n) is 2.03. The highest BCUT2D eigenvalue weighted by Crippen LogP contribution is 1.93. The summed E-state index contributed by atoms with van der Waals surface area (Å²) in [5.41, 5.74) is 5.46. The van der Waals surface area contributed by atoms with Gasteiger partial charge < -0.3 is 11.1 Å². The first-order valence-electron chi connectivity index (χ1n) is 5.19. The summed E-state index contributed by atoms with van der Waals surface area (Å²) >= 11 is 0. The van der Waals surface area contributed by atoms with Gasteiger partial charge in [-0.1, -0.05) is 0 Å². The zero-order valence-electron chi connectivity index (χ0n) is 9.19. The van der Waals surface area contributed by atoms with Gasteiger partial charge in [0.2, 0.25) is 0 Å². The van der Waals surface area contributed by atoms with Crippen LogP contribution in [0.1, 0.15) is 30.3 Å². The molecule has 0 saturated heterocycles. The van der Waals surface area contributed by atoms with Crippen molar-refractivity contribution >= 4 is 5.91 Å². The SMILES string of the molecule is CC(N)CCCNC(=O)c1ccc(=O)[nH]n1. The van der Waals surface area contributed by atoms with Crippen molar-refractivity contribution in [3.8, 4) is 0 Å². The minimum Gasteiger partial charge on any atom is -0.351 e. The number of aromatic amines is 1. The highest BCUT2D eigenvalue weighted by molar-refractivity contribution is 5.91. The van der Waals surface area contributed by atoms with E-state index in [0.29, 0.717) is 6.54 Å². The van der Waals surface area contributed by atoms with Crippen molar-refractivity contribution < 1.29 is 4.79 Å². The Morgan fingerprint density at radius 2 is 2.38 bits per heavy atom. The Hall–Kier alpha value is -1.69. The van der Waals surface area contributed by atoms with Crippen molar-refractivity contribution in [1.82, 2.24) is 15.5 Å². The lowest BCUT2D eigenvalue weighted by molar-refractivity contribution is 0.0946. The van der Waals surface area contributed by atoms with Crippen LogP contribution in [0, 0.1) is 0 Å². The van der Waals surface area contributed by atoms with Crippen LogP contribution in [0.3, 0.4) is 0 Å². The molecular weight excluding hydrogens is 208 g/mol. The third kappa shape index (κ3) is 4.22. The van der Waals surface area contributed by atoms with E-state index in [2.05, 4.69) is 15.5 Å². The lowest BCUT2D eigenvalue weighted by atomic mass is 10.2. The van der Waals surface area contributed by atoms with Crippen LogP contribution in [0.25, 0.3) is 0 Å². The molecule has 1 amide bonds. The molecule has 1 aromatic heterocycles. The fourth-order valence-electron chi connectivity index (χ4n) is 1.19. The maximum atomic E-state index is 11.5. The topological polar surface area (TPSA) is 101 Å². The van der Waals surface area contributed by atoms with Crippen LogP contribution < -0.4 is 16.6 Å². The van der Waals surface area contributed by atoms with Crippen LogP contribution in [0.5, 0.6) is 0 Å². The number of rotatable bonds is 5. The molecule has 0 aliphatic heterocycles. The van der Waals surface area contributed by atoms with Gasteiger partial charge in [0.25, 0.3) is 11.5 Å². The second kappa shape index (κ2) is 6.02. The Morgan fingerprint density at radius 3 is 2.94 bits per heavy atom. The zero-order valence-corrected chi connectivity index (χ0v) is 9.19. The van der Waals surface area contributed by atoms with Crippen LogP contribution in [-0.2, 0) is 0 Å². The van der Waals surface area contributed by atoms with Crippen molar-refractivity contribution in [2.75, 3.05) is 6.54 Å². The molecule has 0 aromatic carbocycles. The fraction of sp³-hybridized carbons (Fsp3) is 0.500. The van der Waals surface area contributed by atoms with Gasteiger partial charge >= 0.3 is 0 Å². The Bertz CT molecular complexity index is 380. The van der Waals surface area contributed by atoms with E-state index in [1.807, 2.05) is 6.92 Å². The Balaban J connectivity index is 2.35. The van der Waals surface area contributed by atoms with Gasteiger partial charge in [-0.3, -0.25) is 9.59 Å². The van der Waals surface area contributed by atoms with Gasteiger partial charge in [0.05, 0.1) is 0 Å². The summed E-state index contributed by atoms with van der Waals surface area (Å²) in [6.45, 7) is 2.48. The molecule has 0 bridgehead atoms. The standard InChI is InChI=1S/C10H16N4O2/c1-7(11)3-2-6-12-10(16)8-4-5-9(15)14-13-8/h4-5,7H,2-3,6,11H2,1H3,(H,12,16)(H,14,15). The molecule has 88 valence electrons. The van der Waals surface area contributed by atoms with Gasteiger partial charge in [-0.25, -0.2) is 5.10 Å². The molecule has 1 unspecified atom stereocenters. The number of carbonyl (C=O) groups is 1. The first-order chi connectivity index (χ1) is 7.59. The molecule has 0 radical (unpaired) electrons. The summed E-state index contributed by atoms with van der Waals surface area (Å²) in [6.07, 6.45) is 1.69. The summed E-state index contributed by atoms with van der Waals surface area (Å²) in [4.78, 5) is 22.2. The van der Waals surface area contributed by atoms with E-state index in [1.54, 1.807) is 0 Å². The van der Waals surface area contributed by atoms with E-state index in [-0.39, 0.29) is 23.2 Å². The van der Waals surface area contributed by atoms with Gasteiger partial charge in [0.1, 0.15) is 5.69 Å². The normalized spacial score (nSPS) is 12.1. The van der Waals surface area contributed by atoms with Crippen molar-refractivity contribution in [1.29, 1.82) is 0 Å². The van der Waals surface area contributed by atoms with E-state index in [9.17, 15) is 9.59 Å². The zero-order chi connectivity index (χ0) is 12.0. The van der Waals surface area contributed by atoms with Crippen LogP contribution in [-0.4, -0.2) is 28.7 Å². The van der Waals surface area contributed by atoms with E-state index >= 15 is 0 Å². The third-order valence-corrected chi connectivity index (χ3v) is 2.03. The minimum absolute atomic E-state index is 0.142. The number of aromatic nitrogens is 2. The second-order valence-corrected chi connectivity index (χ2v) is 3.68. The summed E-state index contributed by atoms with van der Waals surface area (Å²) in [7, 11) is 0. The molecule has 1 aromatic rings. The molecule has 0 fully saturated rings. The maximum absolute atomic E-state index is 11.5. The Morgan fingerprint density at radius 1 is 1.62 bits per heavy atom. The highest BCUT2D eigenvalue weighted by Gasteiger charge is 2.05. The molecule has 1 rings (SSSR count). The van der Waals surface area contributed by atoms with Crippen molar-refractivity contribution in [3.05, 3.63) is 28.2 Å². The lowest BCUT2D eigenvalue weighted by Gasteiger charge is -2.06. The molecule has 6 nitrogen and oxygen atoms in total. The largest absolute Gasteiger partial charge is 0.351 e. The summed E-state index contributed by atoms with van der Waals surface area (Å²) in [5, 5.41) is 8.52. The molecule has 4 N–H and O–H groups in total. The second-order valence-electron chi connectivity index (χ2n) is 3.68. The van der Waals surface area contributed by atoms with E-state index in [0.717, 1.165) is 12.8 Å². The number of carbonyl (C=O) groups excluding carboxylic acids is 1.